The van der Waals surface area contributed by atoms with Gasteiger partial charge in [0.2, 0.25) is 0 Å². The third-order valence-corrected chi connectivity index (χ3v) is 4.76. The van der Waals surface area contributed by atoms with E-state index in [0.29, 0.717) is 13.2 Å². The van der Waals surface area contributed by atoms with E-state index in [4.69, 9.17) is 9.72 Å². The first-order valence-corrected chi connectivity index (χ1v) is 8.17. The number of fused-ring (bicyclic) bond motifs is 1. The number of anilines is 1. The van der Waals surface area contributed by atoms with Crippen LogP contribution in [-0.4, -0.2) is 58.3 Å². The lowest BCUT2D eigenvalue weighted by Gasteiger charge is -2.39. The fourth-order valence-electron chi connectivity index (χ4n) is 3.25. The molecule has 3 heterocycles. The molecule has 0 radical (unpaired) electrons. The van der Waals surface area contributed by atoms with Crippen molar-refractivity contribution < 1.29 is 9.84 Å². The molecule has 0 saturated carbocycles. The summed E-state index contributed by atoms with van der Waals surface area (Å²) in [5, 5.41) is 15.2. The third kappa shape index (κ3) is 3.03. The van der Waals surface area contributed by atoms with E-state index in [2.05, 4.69) is 21.9 Å². The van der Waals surface area contributed by atoms with Crippen LogP contribution in [0.2, 0.25) is 0 Å². The summed E-state index contributed by atoms with van der Waals surface area (Å²) in [4.78, 5) is 11.4. The Balaban J connectivity index is 1.95. The Hall–Kier alpha value is -1.73. The van der Waals surface area contributed by atoms with Gasteiger partial charge in [-0.1, -0.05) is 6.92 Å². The summed E-state index contributed by atoms with van der Waals surface area (Å²) in [5.41, 5.74) is 0.725. The minimum absolute atomic E-state index is 0.126. The third-order valence-electron chi connectivity index (χ3n) is 4.76. The second-order valence-electron chi connectivity index (χ2n) is 6.45. The van der Waals surface area contributed by atoms with E-state index in [1.807, 2.05) is 20.3 Å². The number of hydrogen-bond donors (Lipinski definition) is 1. The molecule has 0 atom stereocenters. The number of aromatic nitrogens is 4. The predicted molar refractivity (Wildman–Crippen MR) is 88.5 cm³/mol. The maximum Gasteiger partial charge on any atom is 0.163 e. The molecule has 7 nitrogen and oxygen atoms in total. The van der Waals surface area contributed by atoms with E-state index in [1.165, 1.54) is 0 Å². The lowest BCUT2D eigenvalue weighted by Crippen LogP contribution is -2.43. The summed E-state index contributed by atoms with van der Waals surface area (Å²) in [7, 11) is 3.92. The summed E-state index contributed by atoms with van der Waals surface area (Å²) in [6, 6.07) is 0. The van der Waals surface area contributed by atoms with Gasteiger partial charge in [-0.15, -0.1) is 0 Å². The molecule has 1 N–H and O–H groups in total. The molecule has 126 valence electrons. The molecular weight excluding hydrogens is 294 g/mol. The van der Waals surface area contributed by atoms with Gasteiger partial charge in [0.05, 0.1) is 18.2 Å². The van der Waals surface area contributed by atoms with Crippen LogP contribution in [0, 0.1) is 5.41 Å². The molecule has 0 spiro atoms. The molecule has 0 unspecified atom stereocenters. The molecule has 1 aliphatic heterocycles. The Morgan fingerprint density at radius 1 is 1.35 bits per heavy atom. The molecule has 3 rings (SSSR count). The van der Waals surface area contributed by atoms with Crippen molar-refractivity contribution in [2.75, 3.05) is 38.3 Å². The minimum Gasteiger partial charge on any atom is -0.396 e. The van der Waals surface area contributed by atoms with Crippen molar-refractivity contribution in [1.82, 2.24) is 19.7 Å². The van der Waals surface area contributed by atoms with Gasteiger partial charge in [-0.25, -0.2) is 9.97 Å². The number of aryl methyl sites for hydroxylation is 2. The second-order valence-corrected chi connectivity index (χ2v) is 6.45. The molecule has 0 aromatic carbocycles. The molecular formula is C16H25N5O2. The van der Waals surface area contributed by atoms with Crippen LogP contribution in [0.3, 0.4) is 0 Å². The largest absolute Gasteiger partial charge is 0.396 e. The van der Waals surface area contributed by atoms with Crippen LogP contribution in [-0.2, 0) is 18.2 Å². The molecule has 2 aromatic heterocycles. The average Bonchev–Trinajstić information content (AvgIpc) is 2.96. The van der Waals surface area contributed by atoms with Crippen molar-refractivity contribution in [3.8, 4) is 0 Å². The SMILES string of the molecule is CCc1nc(N(C)CC2(CO)CCOCC2)c2cnn(C)c2n1. The van der Waals surface area contributed by atoms with Gasteiger partial charge in [-0.3, -0.25) is 4.68 Å². The van der Waals surface area contributed by atoms with Gasteiger partial charge in [0.15, 0.2) is 5.65 Å². The van der Waals surface area contributed by atoms with Gasteiger partial charge in [-0.05, 0) is 12.8 Å². The molecule has 7 heteroatoms. The highest BCUT2D eigenvalue weighted by molar-refractivity contribution is 5.86. The summed E-state index contributed by atoms with van der Waals surface area (Å²) >= 11 is 0. The number of aliphatic hydroxyl groups excluding tert-OH is 1. The number of ether oxygens (including phenoxy) is 1. The van der Waals surface area contributed by atoms with Crippen LogP contribution >= 0.6 is 0 Å². The summed E-state index contributed by atoms with van der Waals surface area (Å²) in [6.07, 6.45) is 4.34. The number of rotatable bonds is 5. The highest BCUT2D eigenvalue weighted by atomic mass is 16.5. The molecule has 0 aliphatic carbocycles. The summed E-state index contributed by atoms with van der Waals surface area (Å²) < 4.78 is 7.24. The van der Waals surface area contributed by atoms with Gasteiger partial charge in [0.25, 0.3) is 0 Å². The Labute approximate surface area is 136 Å². The van der Waals surface area contributed by atoms with Crippen molar-refractivity contribution in [3.63, 3.8) is 0 Å². The Bertz CT molecular complexity index is 678. The number of nitrogens with zero attached hydrogens (tertiary/aromatic N) is 5. The standard InChI is InChI=1S/C16H25N5O2/c1-4-13-18-14(12-9-17-21(3)15(12)19-13)20(2)10-16(11-22)5-7-23-8-6-16/h9,22H,4-8,10-11H2,1-3H3. The lowest BCUT2D eigenvalue weighted by atomic mass is 9.80. The van der Waals surface area contributed by atoms with Crippen LogP contribution in [0.1, 0.15) is 25.6 Å². The van der Waals surface area contributed by atoms with Gasteiger partial charge >= 0.3 is 0 Å². The van der Waals surface area contributed by atoms with Crippen LogP contribution in [0.4, 0.5) is 5.82 Å². The quantitative estimate of drug-likeness (QED) is 0.891. The van der Waals surface area contributed by atoms with Crippen LogP contribution in [0.25, 0.3) is 11.0 Å². The van der Waals surface area contributed by atoms with Crippen molar-refractivity contribution in [2.24, 2.45) is 12.5 Å². The molecule has 0 amide bonds. The monoisotopic (exact) mass is 319 g/mol. The normalized spacial score (nSPS) is 17.6. The van der Waals surface area contributed by atoms with E-state index in [1.54, 1.807) is 4.68 Å². The minimum atomic E-state index is -0.126. The van der Waals surface area contributed by atoms with Crippen LogP contribution in [0.5, 0.6) is 0 Å². The van der Waals surface area contributed by atoms with Gasteiger partial charge in [-0.2, -0.15) is 5.10 Å². The van der Waals surface area contributed by atoms with Crippen molar-refractivity contribution in [1.29, 1.82) is 0 Å². The first kappa shape index (κ1) is 16.1. The molecule has 1 aliphatic rings. The zero-order valence-electron chi connectivity index (χ0n) is 14.1. The van der Waals surface area contributed by atoms with E-state index >= 15 is 0 Å². The fourth-order valence-corrected chi connectivity index (χ4v) is 3.25. The molecule has 23 heavy (non-hydrogen) atoms. The molecule has 2 aromatic rings. The van der Waals surface area contributed by atoms with Crippen LogP contribution < -0.4 is 4.90 Å². The second kappa shape index (κ2) is 6.41. The highest BCUT2D eigenvalue weighted by Crippen LogP contribution is 2.33. The lowest BCUT2D eigenvalue weighted by molar-refractivity contribution is -0.0113. The molecule has 0 bridgehead atoms. The van der Waals surface area contributed by atoms with Crippen molar-refractivity contribution in [3.05, 3.63) is 12.0 Å². The van der Waals surface area contributed by atoms with Crippen molar-refractivity contribution in [2.45, 2.75) is 26.2 Å². The average molecular weight is 319 g/mol. The first-order valence-electron chi connectivity index (χ1n) is 8.17. The Morgan fingerprint density at radius 3 is 2.74 bits per heavy atom. The van der Waals surface area contributed by atoms with Gasteiger partial charge < -0.3 is 14.7 Å². The fraction of sp³-hybridized carbons (Fsp3) is 0.688. The number of hydrogen-bond acceptors (Lipinski definition) is 6. The van der Waals surface area contributed by atoms with E-state index in [-0.39, 0.29) is 12.0 Å². The van der Waals surface area contributed by atoms with Gasteiger partial charge in [0, 0.05) is 45.7 Å². The molecule has 1 saturated heterocycles. The molecule has 1 fully saturated rings. The summed E-state index contributed by atoms with van der Waals surface area (Å²) in [5.74, 6) is 1.70. The first-order chi connectivity index (χ1) is 11.1. The maximum atomic E-state index is 9.92. The van der Waals surface area contributed by atoms with Gasteiger partial charge in [0.1, 0.15) is 11.6 Å². The maximum absolute atomic E-state index is 9.92. The zero-order chi connectivity index (χ0) is 16.4. The summed E-state index contributed by atoms with van der Waals surface area (Å²) in [6.45, 7) is 4.38. The van der Waals surface area contributed by atoms with E-state index in [9.17, 15) is 5.11 Å². The highest BCUT2D eigenvalue weighted by Gasteiger charge is 2.34. The Morgan fingerprint density at radius 2 is 2.09 bits per heavy atom. The van der Waals surface area contributed by atoms with E-state index in [0.717, 1.165) is 48.5 Å². The zero-order valence-corrected chi connectivity index (χ0v) is 14.1. The van der Waals surface area contributed by atoms with Crippen molar-refractivity contribution >= 4 is 16.9 Å². The van der Waals surface area contributed by atoms with E-state index < -0.39 is 0 Å². The van der Waals surface area contributed by atoms with Crippen LogP contribution in [0.15, 0.2) is 6.20 Å². The predicted octanol–water partition coefficient (Wildman–Crippen LogP) is 1.15. The topological polar surface area (TPSA) is 76.3 Å². The number of aliphatic hydroxyl groups is 1. The Kier molecular flexibility index (Phi) is 4.50. The smallest absolute Gasteiger partial charge is 0.163 e.